The van der Waals surface area contributed by atoms with E-state index >= 15 is 0 Å². The van der Waals surface area contributed by atoms with Gasteiger partial charge in [0.25, 0.3) is 0 Å². The van der Waals surface area contributed by atoms with E-state index in [9.17, 15) is 4.79 Å². The molecule has 1 aromatic rings. The molecule has 3 nitrogen and oxygen atoms in total. The number of hydrogen-bond donors (Lipinski definition) is 2. The van der Waals surface area contributed by atoms with Gasteiger partial charge in [0, 0.05) is 12.2 Å². The van der Waals surface area contributed by atoms with Crippen molar-refractivity contribution < 1.29 is 4.79 Å². The topological polar surface area (TPSA) is 55.1 Å². The zero-order valence-corrected chi connectivity index (χ0v) is 10.7. The lowest BCUT2D eigenvalue weighted by Gasteiger charge is -2.13. The molecule has 17 heavy (non-hydrogen) atoms. The van der Waals surface area contributed by atoms with Crippen molar-refractivity contribution in [3.63, 3.8) is 0 Å². The van der Waals surface area contributed by atoms with Gasteiger partial charge in [-0.2, -0.15) is 0 Å². The summed E-state index contributed by atoms with van der Waals surface area (Å²) in [6.45, 7) is 5.08. The summed E-state index contributed by atoms with van der Waals surface area (Å²) in [6, 6.07) is 7.44. The average Bonchev–Trinajstić information content (AvgIpc) is 2.33. The van der Waals surface area contributed by atoms with Crippen LogP contribution in [0.4, 0.5) is 5.69 Å². The van der Waals surface area contributed by atoms with E-state index in [-0.39, 0.29) is 5.91 Å². The Balaban J connectivity index is 2.37. The Labute approximate surface area is 103 Å². The van der Waals surface area contributed by atoms with Crippen molar-refractivity contribution in [3.05, 3.63) is 29.8 Å². The number of nitrogens with two attached hydrogens (primary N) is 1. The van der Waals surface area contributed by atoms with E-state index in [4.69, 9.17) is 5.73 Å². The fraction of sp³-hybridized carbons (Fsp3) is 0.500. The third-order valence-electron chi connectivity index (χ3n) is 3.09. The lowest BCUT2D eigenvalue weighted by molar-refractivity contribution is -0.120. The molecule has 94 valence electrons. The first kappa shape index (κ1) is 13.6. The van der Waals surface area contributed by atoms with E-state index in [1.54, 1.807) is 0 Å². The van der Waals surface area contributed by atoms with Crippen LogP contribution in [0.15, 0.2) is 24.3 Å². The van der Waals surface area contributed by atoms with E-state index < -0.39 is 0 Å². The Bertz CT molecular complexity index is 342. The Morgan fingerprint density at radius 2 is 1.82 bits per heavy atom. The first-order valence-corrected chi connectivity index (χ1v) is 6.26. The van der Waals surface area contributed by atoms with Crippen LogP contribution in [0.25, 0.3) is 0 Å². The number of nitrogens with one attached hydrogen (secondary N) is 1. The van der Waals surface area contributed by atoms with Crippen molar-refractivity contribution in [2.24, 2.45) is 5.92 Å². The molecule has 0 spiro atoms. The number of anilines is 1. The third kappa shape index (κ3) is 4.89. The SMILES string of the molecule is CCC(CC)CNC(=O)Cc1ccc(N)cc1. The van der Waals surface area contributed by atoms with Crippen LogP contribution in [0, 0.1) is 5.92 Å². The first-order chi connectivity index (χ1) is 8.15. The number of benzene rings is 1. The number of carbonyl (C=O) groups excluding carboxylic acids is 1. The molecule has 0 heterocycles. The summed E-state index contributed by atoms with van der Waals surface area (Å²) in [4.78, 5) is 11.7. The highest BCUT2D eigenvalue weighted by Crippen LogP contribution is 2.07. The van der Waals surface area contributed by atoms with Gasteiger partial charge in [0.15, 0.2) is 0 Å². The maximum Gasteiger partial charge on any atom is 0.224 e. The lowest BCUT2D eigenvalue weighted by atomic mass is 10.0. The zero-order valence-electron chi connectivity index (χ0n) is 10.7. The van der Waals surface area contributed by atoms with Crippen LogP contribution in [0.1, 0.15) is 32.3 Å². The molecular weight excluding hydrogens is 212 g/mol. The highest BCUT2D eigenvalue weighted by molar-refractivity contribution is 5.78. The molecule has 0 radical (unpaired) electrons. The Morgan fingerprint density at radius 3 is 2.35 bits per heavy atom. The van der Waals surface area contributed by atoms with Gasteiger partial charge in [-0.15, -0.1) is 0 Å². The summed E-state index contributed by atoms with van der Waals surface area (Å²) >= 11 is 0. The van der Waals surface area contributed by atoms with E-state index in [1.165, 1.54) is 0 Å². The zero-order chi connectivity index (χ0) is 12.7. The summed E-state index contributed by atoms with van der Waals surface area (Å²) in [7, 11) is 0. The maximum absolute atomic E-state index is 11.7. The maximum atomic E-state index is 11.7. The van der Waals surface area contributed by atoms with E-state index in [0.717, 1.165) is 30.6 Å². The fourth-order valence-corrected chi connectivity index (χ4v) is 1.72. The largest absolute Gasteiger partial charge is 0.399 e. The predicted octanol–water partition coefficient (Wildman–Crippen LogP) is 2.36. The van der Waals surface area contributed by atoms with Crippen molar-refractivity contribution in [1.29, 1.82) is 0 Å². The van der Waals surface area contributed by atoms with Gasteiger partial charge < -0.3 is 11.1 Å². The molecule has 0 aliphatic carbocycles. The van der Waals surface area contributed by atoms with Crippen molar-refractivity contribution in [3.8, 4) is 0 Å². The first-order valence-electron chi connectivity index (χ1n) is 6.26. The predicted molar refractivity (Wildman–Crippen MR) is 71.6 cm³/mol. The van der Waals surface area contributed by atoms with Crippen LogP contribution in [0.5, 0.6) is 0 Å². The molecular formula is C14H22N2O. The molecule has 0 aromatic heterocycles. The molecule has 0 atom stereocenters. The van der Waals surface area contributed by atoms with Crippen LogP contribution in [-0.4, -0.2) is 12.5 Å². The van der Waals surface area contributed by atoms with Crippen molar-refractivity contribution >= 4 is 11.6 Å². The van der Waals surface area contributed by atoms with E-state index in [0.29, 0.717) is 12.3 Å². The van der Waals surface area contributed by atoms with Crippen LogP contribution in [0.3, 0.4) is 0 Å². The molecule has 0 fully saturated rings. The monoisotopic (exact) mass is 234 g/mol. The van der Waals surface area contributed by atoms with Gasteiger partial charge in [-0.3, -0.25) is 4.79 Å². The van der Waals surface area contributed by atoms with Crippen molar-refractivity contribution in [2.75, 3.05) is 12.3 Å². The molecule has 1 amide bonds. The van der Waals surface area contributed by atoms with Gasteiger partial charge in [-0.05, 0) is 23.6 Å². The van der Waals surface area contributed by atoms with Gasteiger partial charge in [0.05, 0.1) is 6.42 Å². The lowest BCUT2D eigenvalue weighted by Crippen LogP contribution is -2.30. The molecule has 0 aliphatic heterocycles. The van der Waals surface area contributed by atoms with Crippen molar-refractivity contribution in [1.82, 2.24) is 5.32 Å². The molecule has 0 saturated carbocycles. The Hall–Kier alpha value is -1.51. The van der Waals surface area contributed by atoms with Crippen LogP contribution < -0.4 is 11.1 Å². The third-order valence-corrected chi connectivity index (χ3v) is 3.09. The fourth-order valence-electron chi connectivity index (χ4n) is 1.72. The van der Waals surface area contributed by atoms with E-state index in [1.807, 2.05) is 24.3 Å². The molecule has 1 aromatic carbocycles. The summed E-state index contributed by atoms with van der Waals surface area (Å²) in [5.41, 5.74) is 7.32. The van der Waals surface area contributed by atoms with Crippen LogP contribution >= 0.6 is 0 Å². The van der Waals surface area contributed by atoms with Crippen molar-refractivity contribution in [2.45, 2.75) is 33.1 Å². The Morgan fingerprint density at radius 1 is 1.24 bits per heavy atom. The molecule has 0 saturated heterocycles. The molecule has 0 bridgehead atoms. The smallest absolute Gasteiger partial charge is 0.224 e. The minimum Gasteiger partial charge on any atom is -0.399 e. The molecule has 3 heteroatoms. The number of hydrogen-bond acceptors (Lipinski definition) is 2. The summed E-state index contributed by atoms with van der Waals surface area (Å²) < 4.78 is 0. The van der Waals surface area contributed by atoms with Gasteiger partial charge in [0.2, 0.25) is 5.91 Å². The molecule has 0 unspecified atom stereocenters. The van der Waals surface area contributed by atoms with Crippen LogP contribution in [-0.2, 0) is 11.2 Å². The normalized spacial score (nSPS) is 10.5. The molecule has 3 N–H and O–H groups in total. The van der Waals surface area contributed by atoms with Gasteiger partial charge in [0.1, 0.15) is 0 Å². The summed E-state index contributed by atoms with van der Waals surface area (Å²) in [5, 5.41) is 2.98. The average molecular weight is 234 g/mol. The summed E-state index contributed by atoms with van der Waals surface area (Å²) in [5.74, 6) is 0.673. The van der Waals surface area contributed by atoms with Gasteiger partial charge in [-0.25, -0.2) is 0 Å². The second-order valence-corrected chi connectivity index (χ2v) is 4.40. The highest BCUT2D eigenvalue weighted by atomic mass is 16.1. The quantitative estimate of drug-likeness (QED) is 0.742. The van der Waals surface area contributed by atoms with E-state index in [2.05, 4.69) is 19.2 Å². The second-order valence-electron chi connectivity index (χ2n) is 4.40. The second kappa shape index (κ2) is 6.94. The minimum absolute atomic E-state index is 0.0849. The molecule has 0 aliphatic rings. The number of carbonyl (C=O) groups is 1. The number of amides is 1. The van der Waals surface area contributed by atoms with Gasteiger partial charge in [-0.1, -0.05) is 38.8 Å². The highest BCUT2D eigenvalue weighted by Gasteiger charge is 2.07. The number of rotatable bonds is 6. The summed E-state index contributed by atoms with van der Waals surface area (Å²) in [6.07, 6.45) is 2.65. The van der Waals surface area contributed by atoms with Gasteiger partial charge >= 0.3 is 0 Å². The minimum atomic E-state index is 0.0849. The Kier molecular flexibility index (Phi) is 5.53. The number of nitrogen functional groups attached to an aromatic ring is 1. The van der Waals surface area contributed by atoms with Crippen LogP contribution in [0.2, 0.25) is 0 Å². The molecule has 1 rings (SSSR count). The standard InChI is InChI=1S/C14H22N2O/c1-3-11(4-2)10-16-14(17)9-12-5-7-13(15)8-6-12/h5-8,11H,3-4,9-10,15H2,1-2H3,(H,16,17).